The lowest BCUT2D eigenvalue weighted by molar-refractivity contribution is 0.291. The molecule has 4 rings (SSSR count). The van der Waals surface area contributed by atoms with Gasteiger partial charge in [-0.2, -0.15) is 0 Å². The van der Waals surface area contributed by atoms with E-state index >= 15 is 0 Å². The molecule has 176 valence electrons. The molecule has 0 radical (unpaired) electrons. The van der Waals surface area contributed by atoms with Crippen LogP contribution in [0.3, 0.4) is 0 Å². The maximum absolute atomic E-state index is 12.8. The Hall–Kier alpha value is -3.64. The van der Waals surface area contributed by atoms with Gasteiger partial charge < -0.3 is 19.9 Å². The average molecular weight is 457 g/mol. The minimum absolute atomic E-state index is 0.182. The first-order chi connectivity index (χ1) is 16.4. The van der Waals surface area contributed by atoms with Crippen molar-refractivity contribution in [3.05, 3.63) is 82.8 Å². The highest BCUT2D eigenvalue weighted by Gasteiger charge is 2.15. The summed E-state index contributed by atoms with van der Waals surface area (Å²) in [6.45, 7) is 5.77. The number of nitrogens with zero attached hydrogens (tertiary/aromatic N) is 2. The molecule has 2 aromatic carbocycles. The Morgan fingerprint density at radius 1 is 1.06 bits per heavy atom. The van der Waals surface area contributed by atoms with Crippen LogP contribution in [-0.2, 0) is 6.54 Å². The fourth-order valence-corrected chi connectivity index (χ4v) is 3.92. The van der Waals surface area contributed by atoms with E-state index in [2.05, 4.69) is 41.2 Å². The van der Waals surface area contributed by atoms with Crippen LogP contribution in [0.15, 0.2) is 71.7 Å². The van der Waals surface area contributed by atoms with Crippen LogP contribution < -0.4 is 15.6 Å². The van der Waals surface area contributed by atoms with Crippen molar-refractivity contribution in [3.63, 3.8) is 0 Å². The Morgan fingerprint density at radius 3 is 2.62 bits per heavy atom. The van der Waals surface area contributed by atoms with Crippen molar-refractivity contribution in [3.8, 4) is 17.0 Å². The zero-order chi connectivity index (χ0) is 24.1. The minimum Gasteiger partial charge on any atom is -0.491 e. The fourth-order valence-electron chi connectivity index (χ4n) is 3.92. The Balaban J connectivity index is 1.80. The minimum atomic E-state index is -0.182. The normalized spacial score (nSPS) is 11.4. The van der Waals surface area contributed by atoms with Gasteiger partial charge in [-0.3, -0.25) is 4.79 Å². The zero-order valence-corrected chi connectivity index (χ0v) is 20.3. The summed E-state index contributed by atoms with van der Waals surface area (Å²) in [6, 6.07) is 19.9. The molecule has 0 aliphatic carbocycles. The number of aromatic nitrogens is 2. The predicted octanol–water partition coefficient (Wildman–Crippen LogP) is 5.82. The monoisotopic (exact) mass is 456 g/mol. The lowest BCUT2D eigenvalue weighted by Crippen LogP contribution is -2.12. The van der Waals surface area contributed by atoms with Gasteiger partial charge in [-0.1, -0.05) is 50.2 Å². The third-order valence-electron chi connectivity index (χ3n) is 5.63. The summed E-state index contributed by atoms with van der Waals surface area (Å²) < 4.78 is 6.06. The van der Waals surface area contributed by atoms with E-state index in [9.17, 15) is 4.79 Å². The number of ether oxygens (including phenoxy) is 1. The molecule has 2 N–H and O–H groups in total. The van der Waals surface area contributed by atoms with Crippen LogP contribution in [-0.4, -0.2) is 35.6 Å². The van der Waals surface area contributed by atoms with Crippen LogP contribution in [0.2, 0.25) is 0 Å². The summed E-state index contributed by atoms with van der Waals surface area (Å²) in [5.41, 5.74) is 3.63. The van der Waals surface area contributed by atoms with Crippen LogP contribution in [0.1, 0.15) is 25.8 Å². The highest BCUT2D eigenvalue weighted by atomic mass is 16.5. The molecule has 34 heavy (non-hydrogen) atoms. The molecule has 6 heteroatoms. The lowest BCUT2D eigenvalue weighted by atomic mass is 10.0. The molecule has 0 saturated carbocycles. The smallest absolute Gasteiger partial charge is 0.259 e. The third-order valence-corrected chi connectivity index (χ3v) is 5.63. The molecule has 0 bridgehead atoms. The van der Waals surface area contributed by atoms with Crippen molar-refractivity contribution in [1.82, 2.24) is 14.9 Å². The quantitative estimate of drug-likeness (QED) is 0.332. The number of pyridine rings is 2. The molecule has 0 saturated heterocycles. The number of anilines is 2. The first-order valence-corrected chi connectivity index (χ1v) is 11.7. The van der Waals surface area contributed by atoms with Crippen LogP contribution >= 0.6 is 0 Å². The summed E-state index contributed by atoms with van der Waals surface area (Å²) in [5, 5.41) is 4.75. The van der Waals surface area contributed by atoms with Crippen molar-refractivity contribution >= 4 is 22.3 Å². The van der Waals surface area contributed by atoms with E-state index in [1.165, 1.54) is 5.56 Å². The van der Waals surface area contributed by atoms with Gasteiger partial charge in [0, 0.05) is 18.3 Å². The van der Waals surface area contributed by atoms with Gasteiger partial charge in [0.25, 0.3) is 5.56 Å². The van der Waals surface area contributed by atoms with Crippen molar-refractivity contribution < 1.29 is 4.74 Å². The van der Waals surface area contributed by atoms with E-state index in [-0.39, 0.29) is 5.56 Å². The van der Waals surface area contributed by atoms with Crippen LogP contribution in [0.25, 0.3) is 22.0 Å². The molecular formula is C28H32N4O2. The molecule has 2 heterocycles. The first-order valence-electron chi connectivity index (χ1n) is 11.7. The van der Waals surface area contributed by atoms with E-state index in [0.717, 1.165) is 41.0 Å². The Morgan fingerprint density at radius 2 is 1.82 bits per heavy atom. The van der Waals surface area contributed by atoms with Gasteiger partial charge in [0.2, 0.25) is 0 Å². The fraction of sp³-hybridized carbons (Fsp3) is 0.286. The van der Waals surface area contributed by atoms with Crippen molar-refractivity contribution in [2.75, 3.05) is 26.0 Å². The zero-order valence-electron chi connectivity index (χ0n) is 20.3. The van der Waals surface area contributed by atoms with Gasteiger partial charge >= 0.3 is 0 Å². The van der Waals surface area contributed by atoms with Crippen molar-refractivity contribution in [2.24, 2.45) is 5.92 Å². The number of fused-ring (bicyclic) bond motifs is 1. The maximum Gasteiger partial charge on any atom is 0.259 e. The summed E-state index contributed by atoms with van der Waals surface area (Å²) in [4.78, 5) is 22.7. The second-order valence-electron chi connectivity index (χ2n) is 9.17. The van der Waals surface area contributed by atoms with Crippen molar-refractivity contribution in [2.45, 2.75) is 26.8 Å². The van der Waals surface area contributed by atoms with E-state index in [0.29, 0.717) is 23.7 Å². The summed E-state index contributed by atoms with van der Waals surface area (Å²) in [7, 11) is 4.10. The van der Waals surface area contributed by atoms with Gasteiger partial charge in [-0.25, -0.2) is 4.98 Å². The van der Waals surface area contributed by atoms with E-state index in [4.69, 9.17) is 9.72 Å². The first kappa shape index (κ1) is 23.5. The topological polar surface area (TPSA) is 70.2 Å². The molecule has 0 amide bonds. The van der Waals surface area contributed by atoms with Gasteiger partial charge in [0.1, 0.15) is 11.6 Å². The number of benzene rings is 2. The summed E-state index contributed by atoms with van der Waals surface area (Å²) in [5.74, 6) is 1.81. The number of rotatable bonds is 9. The second-order valence-corrected chi connectivity index (χ2v) is 9.17. The van der Waals surface area contributed by atoms with Gasteiger partial charge in [-0.15, -0.1) is 0 Å². The molecule has 0 spiro atoms. The third kappa shape index (κ3) is 5.46. The second kappa shape index (κ2) is 10.5. The standard InChI is InChI=1S/C28H32N4O2/c1-19(2)14-16-34-25-12-8-7-11-23(25)30-27-26-20(13-15-29-28(26)33)17-24(31-27)22-10-6-5-9-21(22)18-32(3)4/h5-13,15,17,19H,14,16,18H2,1-4H3,(H,29,33)(H,30,31). The Kier molecular flexibility index (Phi) is 7.28. The number of nitrogens with one attached hydrogen (secondary N) is 2. The molecule has 4 aromatic rings. The number of para-hydroxylation sites is 2. The number of H-pyrrole nitrogens is 1. The highest BCUT2D eigenvalue weighted by Crippen LogP contribution is 2.33. The van der Waals surface area contributed by atoms with Gasteiger partial charge in [-0.05, 0) is 61.6 Å². The van der Waals surface area contributed by atoms with Crippen LogP contribution in [0.4, 0.5) is 11.5 Å². The highest BCUT2D eigenvalue weighted by molar-refractivity contribution is 5.95. The van der Waals surface area contributed by atoms with E-state index in [1.54, 1.807) is 6.20 Å². The summed E-state index contributed by atoms with van der Waals surface area (Å²) >= 11 is 0. The molecule has 0 unspecified atom stereocenters. The molecule has 0 atom stereocenters. The Labute approximate surface area is 200 Å². The summed E-state index contributed by atoms with van der Waals surface area (Å²) in [6.07, 6.45) is 2.64. The van der Waals surface area contributed by atoms with E-state index < -0.39 is 0 Å². The molecule has 0 aliphatic heterocycles. The molecule has 0 fully saturated rings. The molecule has 6 nitrogen and oxygen atoms in total. The Bertz CT molecular complexity index is 1330. The molecular weight excluding hydrogens is 424 g/mol. The number of hydrogen-bond acceptors (Lipinski definition) is 5. The van der Waals surface area contributed by atoms with E-state index in [1.807, 2.05) is 62.6 Å². The maximum atomic E-state index is 12.8. The largest absolute Gasteiger partial charge is 0.491 e. The predicted molar refractivity (Wildman–Crippen MR) is 140 cm³/mol. The number of hydrogen-bond donors (Lipinski definition) is 2. The van der Waals surface area contributed by atoms with Crippen molar-refractivity contribution in [1.29, 1.82) is 0 Å². The van der Waals surface area contributed by atoms with Gasteiger partial charge in [0.05, 0.1) is 23.4 Å². The van der Waals surface area contributed by atoms with Crippen LogP contribution in [0.5, 0.6) is 5.75 Å². The lowest BCUT2D eigenvalue weighted by Gasteiger charge is -2.17. The SMILES string of the molecule is CC(C)CCOc1ccccc1Nc1nc(-c2ccccc2CN(C)C)cc2cc[nH]c(=O)c12. The molecule has 0 aliphatic rings. The van der Waals surface area contributed by atoms with Crippen LogP contribution in [0, 0.1) is 5.92 Å². The molecule has 2 aromatic heterocycles. The van der Waals surface area contributed by atoms with Gasteiger partial charge in [0.15, 0.2) is 0 Å². The average Bonchev–Trinajstić information content (AvgIpc) is 2.80. The number of aromatic amines is 1.